The average molecular weight is 311 g/mol. The van der Waals surface area contributed by atoms with Crippen molar-refractivity contribution in [2.24, 2.45) is 5.92 Å². The van der Waals surface area contributed by atoms with Gasteiger partial charge in [-0.25, -0.2) is 17.5 Å². The maximum Gasteiger partial charge on any atom is 0.182 e. The highest BCUT2D eigenvalue weighted by Crippen LogP contribution is 2.24. The monoisotopic (exact) mass is 311 g/mol. The molecule has 0 spiro atoms. The van der Waals surface area contributed by atoms with Gasteiger partial charge in [0.25, 0.3) is 0 Å². The lowest BCUT2D eigenvalue weighted by atomic mass is 10.1. The van der Waals surface area contributed by atoms with Gasteiger partial charge in [0.05, 0.1) is 11.5 Å². The van der Waals surface area contributed by atoms with Gasteiger partial charge in [0, 0.05) is 17.8 Å². The number of nitrogen functional groups attached to an aromatic ring is 1. The minimum absolute atomic E-state index is 0.0249. The van der Waals surface area contributed by atoms with E-state index in [-0.39, 0.29) is 23.1 Å². The molecule has 1 atom stereocenters. The van der Waals surface area contributed by atoms with E-state index < -0.39 is 15.7 Å². The van der Waals surface area contributed by atoms with E-state index in [0.717, 1.165) is 0 Å². The zero-order valence-electron chi connectivity index (χ0n) is 11.1. The molecule has 3 rings (SSSR count). The zero-order chi connectivity index (χ0) is 15.0. The molecule has 7 nitrogen and oxygen atoms in total. The Morgan fingerprint density at radius 3 is 2.86 bits per heavy atom. The Morgan fingerprint density at radius 2 is 2.19 bits per heavy atom. The van der Waals surface area contributed by atoms with Crippen LogP contribution in [0.2, 0.25) is 0 Å². The Bertz CT molecular complexity index is 753. The van der Waals surface area contributed by atoms with Gasteiger partial charge in [-0.05, 0) is 41.0 Å². The summed E-state index contributed by atoms with van der Waals surface area (Å²) in [5, 5.41) is 11.3. The summed E-state index contributed by atoms with van der Waals surface area (Å²) in [4.78, 5) is 0. The molecule has 2 aromatic rings. The molecule has 9 heteroatoms. The second-order valence-electron chi connectivity index (χ2n) is 5.23. The van der Waals surface area contributed by atoms with E-state index in [4.69, 9.17) is 5.73 Å². The van der Waals surface area contributed by atoms with Gasteiger partial charge < -0.3 is 5.73 Å². The number of benzene rings is 1. The van der Waals surface area contributed by atoms with Crippen LogP contribution in [0.5, 0.6) is 0 Å². The number of nitrogens with zero attached hydrogens (tertiary/aromatic N) is 4. The first-order valence-corrected chi connectivity index (χ1v) is 8.28. The largest absolute Gasteiger partial charge is 0.399 e. The fourth-order valence-electron chi connectivity index (χ4n) is 2.54. The highest BCUT2D eigenvalue weighted by molar-refractivity contribution is 7.91. The van der Waals surface area contributed by atoms with Crippen molar-refractivity contribution in [1.29, 1.82) is 0 Å². The second kappa shape index (κ2) is 5.06. The third-order valence-electron chi connectivity index (χ3n) is 3.47. The molecule has 0 radical (unpaired) electrons. The summed E-state index contributed by atoms with van der Waals surface area (Å²) in [5.41, 5.74) is 6.37. The van der Waals surface area contributed by atoms with Gasteiger partial charge in [-0.3, -0.25) is 0 Å². The molecule has 0 amide bonds. The van der Waals surface area contributed by atoms with Crippen LogP contribution in [0.3, 0.4) is 0 Å². The zero-order valence-corrected chi connectivity index (χ0v) is 11.9. The Morgan fingerprint density at radius 1 is 1.38 bits per heavy atom. The van der Waals surface area contributed by atoms with Crippen LogP contribution < -0.4 is 5.73 Å². The lowest BCUT2D eigenvalue weighted by molar-refractivity contribution is 0.452. The minimum atomic E-state index is -2.95. The van der Waals surface area contributed by atoms with Crippen molar-refractivity contribution in [2.45, 2.75) is 13.0 Å². The van der Waals surface area contributed by atoms with Crippen molar-refractivity contribution in [3.05, 3.63) is 24.0 Å². The van der Waals surface area contributed by atoms with Crippen LogP contribution in [0.4, 0.5) is 10.1 Å². The number of sulfone groups is 1. The van der Waals surface area contributed by atoms with E-state index in [0.29, 0.717) is 24.4 Å². The number of nitrogens with two attached hydrogens (primary N) is 1. The first-order chi connectivity index (χ1) is 9.93. The standard InChI is InChI=1S/C12H14FN5O2S/c13-10-3-9(4-11(14)5-10)12-15-16-17-18(12)6-8-1-2-21(19,20)7-8/h3-5,8H,1-2,6-7,14H2. The Balaban J connectivity index is 1.87. The third kappa shape index (κ3) is 3.02. The van der Waals surface area contributed by atoms with Crippen LogP contribution in [0.15, 0.2) is 18.2 Å². The summed E-state index contributed by atoms with van der Waals surface area (Å²) >= 11 is 0. The lowest BCUT2D eigenvalue weighted by Gasteiger charge is -2.09. The lowest BCUT2D eigenvalue weighted by Crippen LogP contribution is -2.14. The molecular formula is C12H14FN5O2S. The molecule has 0 saturated carbocycles. The molecule has 1 aliphatic heterocycles. The van der Waals surface area contributed by atoms with Gasteiger partial charge >= 0.3 is 0 Å². The van der Waals surface area contributed by atoms with Gasteiger partial charge in [-0.15, -0.1) is 5.10 Å². The van der Waals surface area contributed by atoms with Crippen LogP contribution in [-0.2, 0) is 16.4 Å². The molecule has 0 bridgehead atoms. The number of halogens is 1. The third-order valence-corrected chi connectivity index (χ3v) is 5.31. The average Bonchev–Trinajstić information content (AvgIpc) is 2.95. The van der Waals surface area contributed by atoms with Crippen molar-refractivity contribution >= 4 is 15.5 Å². The molecule has 1 aromatic heterocycles. The van der Waals surface area contributed by atoms with Gasteiger partial charge in [-0.2, -0.15) is 0 Å². The van der Waals surface area contributed by atoms with Crippen molar-refractivity contribution in [3.8, 4) is 11.4 Å². The van der Waals surface area contributed by atoms with Gasteiger partial charge in [-0.1, -0.05) is 0 Å². The molecule has 21 heavy (non-hydrogen) atoms. The maximum absolute atomic E-state index is 13.4. The summed E-state index contributed by atoms with van der Waals surface area (Å²) in [7, 11) is -2.95. The minimum Gasteiger partial charge on any atom is -0.399 e. The summed E-state index contributed by atoms with van der Waals surface area (Å²) in [6, 6.07) is 4.09. The highest BCUT2D eigenvalue weighted by atomic mass is 32.2. The van der Waals surface area contributed by atoms with Gasteiger partial charge in [0.2, 0.25) is 0 Å². The SMILES string of the molecule is Nc1cc(F)cc(-c2nnnn2CC2CCS(=O)(=O)C2)c1. The number of rotatable bonds is 3. The molecular weight excluding hydrogens is 297 g/mol. The van der Waals surface area contributed by atoms with Crippen molar-refractivity contribution in [3.63, 3.8) is 0 Å². The van der Waals surface area contributed by atoms with E-state index >= 15 is 0 Å². The molecule has 1 aliphatic rings. The molecule has 1 saturated heterocycles. The summed E-state index contributed by atoms with van der Waals surface area (Å²) in [6.07, 6.45) is 0.590. The predicted octanol–water partition coefficient (Wildman–Crippen LogP) is 0.496. The summed E-state index contributed by atoms with van der Waals surface area (Å²) in [6.45, 7) is 0.387. The number of aromatic nitrogens is 4. The number of hydrogen-bond acceptors (Lipinski definition) is 6. The van der Waals surface area contributed by atoms with Crippen LogP contribution in [0, 0.1) is 11.7 Å². The van der Waals surface area contributed by atoms with Crippen LogP contribution in [-0.4, -0.2) is 40.1 Å². The first kappa shape index (κ1) is 13.9. The van der Waals surface area contributed by atoms with E-state index in [2.05, 4.69) is 15.5 Å². The van der Waals surface area contributed by atoms with E-state index in [1.165, 1.54) is 16.8 Å². The topological polar surface area (TPSA) is 104 Å². The first-order valence-electron chi connectivity index (χ1n) is 6.46. The van der Waals surface area contributed by atoms with Gasteiger partial charge in [0.1, 0.15) is 5.82 Å². The van der Waals surface area contributed by atoms with Gasteiger partial charge in [0.15, 0.2) is 15.7 Å². The number of tetrazole rings is 1. The quantitative estimate of drug-likeness (QED) is 0.828. The van der Waals surface area contributed by atoms with Crippen LogP contribution >= 0.6 is 0 Å². The fraction of sp³-hybridized carbons (Fsp3) is 0.417. The predicted molar refractivity (Wildman–Crippen MR) is 74.4 cm³/mol. The molecule has 2 N–H and O–H groups in total. The molecule has 0 aliphatic carbocycles. The van der Waals surface area contributed by atoms with E-state index in [9.17, 15) is 12.8 Å². The molecule has 112 valence electrons. The van der Waals surface area contributed by atoms with Crippen LogP contribution in [0.25, 0.3) is 11.4 Å². The van der Waals surface area contributed by atoms with Crippen molar-refractivity contribution in [1.82, 2.24) is 20.2 Å². The maximum atomic E-state index is 13.4. The van der Waals surface area contributed by atoms with E-state index in [1.807, 2.05) is 0 Å². The molecule has 1 fully saturated rings. The molecule has 1 aromatic carbocycles. The van der Waals surface area contributed by atoms with E-state index in [1.54, 1.807) is 6.07 Å². The molecule has 1 unspecified atom stereocenters. The second-order valence-corrected chi connectivity index (χ2v) is 7.46. The van der Waals surface area contributed by atoms with Crippen molar-refractivity contribution in [2.75, 3.05) is 17.2 Å². The van der Waals surface area contributed by atoms with Crippen LogP contribution in [0.1, 0.15) is 6.42 Å². The molecule has 2 heterocycles. The fourth-order valence-corrected chi connectivity index (χ4v) is 4.39. The smallest absolute Gasteiger partial charge is 0.182 e. The highest BCUT2D eigenvalue weighted by Gasteiger charge is 2.29. The number of hydrogen-bond donors (Lipinski definition) is 1. The van der Waals surface area contributed by atoms with Crippen molar-refractivity contribution < 1.29 is 12.8 Å². The Hall–Kier alpha value is -2.03. The normalized spacial score (nSPS) is 20.7. The Kier molecular flexibility index (Phi) is 3.36. The summed E-state index contributed by atoms with van der Waals surface area (Å²) in [5.74, 6) is 0.219. The summed E-state index contributed by atoms with van der Waals surface area (Å²) < 4.78 is 37.9. The number of anilines is 1. The Labute approximate surface area is 120 Å².